The Labute approximate surface area is 129 Å². The number of nitrogens with zero attached hydrogens (tertiary/aromatic N) is 1. The average molecular weight is 292 g/mol. The molecular formula is C18H16N2O2. The maximum atomic E-state index is 12.0. The van der Waals surface area contributed by atoms with E-state index in [0.717, 1.165) is 11.1 Å². The zero-order chi connectivity index (χ0) is 15.9. The summed E-state index contributed by atoms with van der Waals surface area (Å²) in [6.07, 6.45) is -0.0417. The largest absolute Gasteiger partial charge is 0.292 e. The smallest absolute Gasteiger partial charge is 0.257 e. The standard InChI is InChI=1S/C18H16N2O2/c1-13-7-5-6-10-16(13)15(12-19)11-17(21)20-18(22)14-8-3-2-4-9-14/h2-10,15H,11H2,1H3,(H,20,21,22). The molecule has 0 saturated carbocycles. The Morgan fingerprint density at radius 3 is 2.36 bits per heavy atom. The van der Waals surface area contributed by atoms with Crippen LogP contribution in [0.1, 0.15) is 33.8 Å². The number of amides is 2. The van der Waals surface area contributed by atoms with Crippen LogP contribution in [-0.2, 0) is 4.79 Å². The average Bonchev–Trinajstić information content (AvgIpc) is 2.54. The molecule has 2 aromatic carbocycles. The molecule has 1 unspecified atom stereocenters. The maximum Gasteiger partial charge on any atom is 0.257 e. The number of hydrogen-bond donors (Lipinski definition) is 1. The molecule has 0 aromatic heterocycles. The molecule has 22 heavy (non-hydrogen) atoms. The Morgan fingerprint density at radius 2 is 1.73 bits per heavy atom. The van der Waals surface area contributed by atoms with Gasteiger partial charge < -0.3 is 0 Å². The summed E-state index contributed by atoms with van der Waals surface area (Å²) in [5.74, 6) is -1.47. The molecule has 4 heteroatoms. The van der Waals surface area contributed by atoms with Crippen LogP contribution in [0.2, 0.25) is 0 Å². The van der Waals surface area contributed by atoms with Crippen LogP contribution in [0.5, 0.6) is 0 Å². The van der Waals surface area contributed by atoms with Crippen LogP contribution in [0.15, 0.2) is 54.6 Å². The topological polar surface area (TPSA) is 70.0 Å². The molecule has 2 amide bonds. The zero-order valence-electron chi connectivity index (χ0n) is 12.2. The van der Waals surface area contributed by atoms with E-state index < -0.39 is 17.7 Å². The minimum absolute atomic E-state index is 0.0417. The second kappa shape index (κ2) is 7.19. The Kier molecular flexibility index (Phi) is 5.05. The number of hydrogen-bond acceptors (Lipinski definition) is 3. The van der Waals surface area contributed by atoms with Gasteiger partial charge in [0.15, 0.2) is 0 Å². The fourth-order valence-electron chi connectivity index (χ4n) is 2.23. The van der Waals surface area contributed by atoms with Crippen molar-refractivity contribution in [3.05, 3.63) is 71.3 Å². The van der Waals surface area contributed by atoms with Crippen molar-refractivity contribution in [2.75, 3.05) is 0 Å². The predicted octanol–water partition coefficient (Wildman–Crippen LogP) is 2.95. The van der Waals surface area contributed by atoms with Crippen molar-refractivity contribution < 1.29 is 9.59 Å². The van der Waals surface area contributed by atoms with E-state index in [1.165, 1.54) is 0 Å². The van der Waals surface area contributed by atoms with Crippen LogP contribution in [0.3, 0.4) is 0 Å². The van der Waals surface area contributed by atoms with Gasteiger partial charge in [-0.3, -0.25) is 14.9 Å². The SMILES string of the molecule is Cc1ccccc1C(C#N)CC(=O)NC(=O)c1ccccc1. The van der Waals surface area contributed by atoms with Gasteiger partial charge in [0, 0.05) is 12.0 Å². The summed E-state index contributed by atoms with van der Waals surface area (Å²) in [5, 5.41) is 11.6. The van der Waals surface area contributed by atoms with E-state index in [-0.39, 0.29) is 6.42 Å². The van der Waals surface area contributed by atoms with E-state index in [1.54, 1.807) is 30.3 Å². The second-order valence-electron chi connectivity index (χ2n) is 4.99. The molecule has 1 N–H and O–H groups in total. The quantitative estimate of drug-likeness (QED) is 0.941. The number of nitriles is 1. The number of carbonyl (C=O) groups is 2. The van der Waals surface area contributed by atoms with Crippen LogP contribution >= 0.6 is 0 Å². The maximum absolute atomic E-state index is 12.0. The first-order valence-corrected chi connectivity index (χ1v) is 6.96. The first kappa shape index (κ1) is 15.5. The van der Waals surface area contributed by atoms with Gasteiger partial charge in [-0.25, -0.2) is 0 Å². The molecule has 0 aliphatic rings. The van der Waals surface area contributed by atoms with Gasteiger partial charge in [0.2, 0.25) is 5.91 Å². The fourth-order valence-corrected chi connectivity index (χ4v) is 2.23. The number of aryl methyl sites for hydroxylation is 1. The molecule has 2 rings (SSSR count). The third-order valence-electron chi connectivity index (χ3n) is 3.40. The predicted molar refractivity (Wildman–Crippen MR) is 83.1 cm³/mol. The first-order valence-electron chi connectivity index (χ1n) is 6.96. The lowest BCUT2D eigenvalue weighted by atomic mass is 9.93. The van der Waals surface area contributed by atoms with Crippen molar-refractivity contribution in [2.24, 2.45) is 0 Å². The van der Waals surface area contributed by atoms with E-state index in [1.807, 2.05) is 31.2 Å². The Hall–Kier alpha value is -2.93. The number of imide groups is 1. The van der Waals surface area contributed by atoms with Crippen LogP contribution in [0.4, 0.5) is 0 Å². The van der Waals surface area contributed by atoms with E-state index in [2.05, 4.69) is 11.4 Å². The van der Waals surface area contributed by atoms with Gasteiger partial charge in [-0.2, -0.15) is 5.26 Å². The number of carbonyl (C=O) groups excluding carboxylic acids is 2. The number of benzene rings is 2. The summed E-state index contributed by atoms with van der Waals surface area (Å²) in [5.41, 5.74) is 2.18. The van der Waals surface area contributed by atoms with Crippen molar-refractivity contribution in [3.63, 3.8) is 0 Å². The molecule has 0 radical (unpaired) electrons. The fraction of sp³-hybridized carbons (Fsp3) is 0.167. The molecule has 0 aliphatic heterocycles. The third kappa shape index (κ3) is 3.80. The molecule has 0 bridgehead atoms. The van der Waals surface area contributed by atoms with Gasteiger partial charge in [-0.05, 0) is 30.2 Å². The summed E-state index contributed by atoms with van der Waals surface area (Å²) < 4.78 is 0. The molecule has 0 aliphatic carbocycles. The van der Waals surface area contributed by atoms with Gasteiger partial charge in [0.05, 0.1) is 12.0 Å². The molecule has 0 heterocycles. The second-order valence-corrected chi connectivity index (χ2v) is 4.99. The van der Waals surface area contributed by atoms with Gasteiger partial charge >= 0.3 is 0 Å². The minimum atomic E-state index is -0.565. The number of rotatable bonds is 4. The number of nitrogens with one attached hydrogen (secondary N) is 1. The third-order valence-corrected chi connectivity index (χ3v) is 3.40. The Balaban J connectivity index is 2.03. The van der Waals surface area contributed by atoms with Crippen molar-refractivity contribution in [1.82, 2.24) is 5.32 Å². The lowest BCUT2D eigenvalue weighted by Crippen LogP contribution is -2.31. The highest BCUT2D eigenvalue weighted by molar-refractivity contribution is 6.04. The summed E-state index contributed by atoms with van der Waals surface area (Å²) in [6, 6.07) is 18.1. The summed E-state index contributed by atoms with van der Waals surface area (Å²) >= 11 is 0. The van der Waals surface area contributed by atoms with Crippen LogP contribution in [0.25, 0.3) is 0 Å². The van der Waals surface area contributed by atoms with Gasteiger partial charge in [0.1, 0.15) is 0 Å². The van der Waals surface area contributed by atoms with E-state index >= 15 is 0 Å². The monoisotopic (exact) mass is 292 g/mol. The highest BCUT2D eigenvalue weighted by Crippen LogP contribution is 2.22. The molecule has 2 aromatic rings. The van der Waals surface area contributed by atoms with E-state index in [0.29, 0.717) is 5.56 Å². The normalized spacial score (nSPS) is 11.3. The van der Waals surface area contributed by atoms with Gasteiger partial charge in [-0.15, -0.1) is 0 Å². The van der Waals surface area contributed by atoms with Crippen molar-refractivity contribution in [2.45, 2.75) is 19.3 Å². The van der Waals surface area contributed by atoms with Crippen LogP contribution in [-0.4, -0.2) is 11.8 Å². The lowest BCUT2D eigenvalue weighted by molar-refractivity contribution is -0.120. The Bertz CT molecular complexity index is 717. The highest BCUT2D eigenvalue weighted by Gasteiger charge is 2.19. The van der Waals surface area contributed by atoms with Crippen LogP contribution in [0, 0.1) is 18.3 Å². The van der Waals surface area contributed by atoms with Crippen molar-refractivity contribution in [1.29, 1.82) is 5.26 Å². The summed E-state index contributed by atoms with van der Waals surface area (Å²) in [7, 11) is 0. The summed E-state index contributed by atoms with van der Waals surface area (Å²) in [4.78, 5) is 23.9. The van der Waals surface area contributed by atoms with E-state index in [4.69, 9.17) is 0 Å². The van der Waals surface area contributed by atoms with Gasteiger partial charge in [-0.1, -0.05) is 42.5 Å². The van der Waals surface area contributed by atoms with Crippen molar-refractivity contribution in [3.8, 4) is 6.07 Å². The molecule has 1 atom stereocenters. The highest BCUT2D eigenvalue weighted by atomic mass is 16.2. The van der Waals surface area contributed by atoms with E-state index in [9.17, 15) is 14.9 Å². The van der Waals surface area contributed by atoms with Crippen molar-refractivity contribution >= 4 is 11.8 Å². The van der Waals surface area contributed by atoms with Gasteiger partial charge in [0.25, 0.3) is 5.91 Å². The minimum Gasteiger partial charge on any atom is -0.292 e. The molecule has 0 saturated heterocycles. The zero-order valence-corrected chi connectivity index (χ0v) is 12.2. The molecule has 0 fully saturated rings. The molecule has 4 nitrogen and oxygen atoms in total. The molecule has 0 spiro atoms. The Morgan fingerprint density at radius 1 is 1.09 bits per heavy atom. The summed E-state index contributed by atoms with van der Waals surface area (Å²) in [6.45, 7) is 1.90. The molecular weight excluding hydrogens is 276 g/mol. The van der Waals surface area contributed by atoms with Crippen LogP contribution < -0.4 is 5.32 Å². The lowest BCUT2D eigenvalue weighted by Gasteiger charge is -2.12. The molecule has 110 valence electrons. The first-order chi connectivity index (χ1) is 10.6.